The number of aliphatic hydroxyl groups excluding tert-OH is 1. The minimum atomic E-state index is -1.08. The predicted molar refractivity (Wildman–Crippen MR) is 88.8 cm³/mol. The molecule has 0 saturated carbocycles. The van der Waals surface area contributed by atoms with Crippen LogP contribution in [0.4, 0.5) is 0 Å². The number of aliphatic hydroxyl groups is 1. The standard InChI is InChI=1S/C18H30O7/c1-5-6-10-21-15-14-16(24-17(2,3)23-14)25-18(15)12(19)8-7-9-13(18)22-11-20-4/h7-8,12-16,19H,5-6,9-11H2,1-4H3/t12?,13-,14+,15+,16-,18?/m0/s1. The van der Waals surface area contributed by atoms with Gasteiger partial charge in [-0.15, -0.1) is 0 Å². The monoisotopic (exact) mass is 358 g/mol. The lowest BCUT2D eigenvalue weighted by Gasteiger charge is -2.45. The highest BCUT2D eigenvalue weighted by atomic mass is 16.9. The average Bonchev–Trinajstić information content (AvgIpc) is 3.00. The zero-order valence-corrected chi connectivity index (χ0v) is 15.5. The quantitative estimate of drug-likeness (QED) is 0.422. The summed E-state index contributed by atoms with van der Waals surface area (Å²) < 4.78 is 35.3. The van der Waals surface area contributed by atoms with Crippen LogP contribution >= 0.6 is 0 Å². The molecule has 7 nitrogen and oxygen atoms in total. The molecule has 0 aromatic heterocycles. The molecular formula is C18H30O7. The minimum Gasteiger partial charge on any atom is -0.386 e. The molecule has 1 spiro atoms. The van der Waals surface area contributed by atoms with Gasteiger partial charge in [0.1, 0.15) is 25.1 Å². The van der Waals surface area contributed by atoms with Gasteiger partial charge in [0.15, 0.2) is 17.7 Å². The number of methoxy groups -OCH3 is 1. The van der Waals surface area contributed by atoms with Gasteiger partial charge in [-0.05, 0) is 26.7 Å². The van der Waals surface area contributed by atoms with Crippen LogP contribution < -0.4 is 0 Å². The maximum Gasteiger partial charge on any atom is 0.190 e. The zero-order valence-electron chi connectivity index (χ0n) is 15.5. The van der Waals surface area contributed by atoms with Crippen molar-refractivity contribution in [3.63, 3.8) is 0 Å². The first-order chi connectivity index (χ1) is 11.9. The van der Waals surface area contributed by atoms with Crippen molar-refractivity contribution in [2.45, 2.75) is 82.1 Å². The molecule has 6 atom stereocenters. The Hall–Kier alpha value is -0.540. The van der Waals surface area contributed by atoms with Crippen molar-refractivity contribution in [2.24, 2.45) is 0 Å². The summed E-state index contributed by atoms with van der Waals surface area (Å²) in [6, 6.07) is 0. The Labute approximate surface area is 149 Å². The van der Waals surface area contributed by atoms with E-state index in [1.165, 1.54) is 0 Å². The van der Waals surface area contributed by atoms with E-state index in [1.807, 2.05) is 19.9 Å². The predicted octanol–water partition coefficient (Wildman–Crippen LogP) is 1.73. The van der Waals surface area contributed by atoms with E-state index in [1.54, 1.807) is 13.2 Å². The van der Waals surface area contributed by atoms with Crippen molar-refractivity contribution in [1.82, 2.24) is 0 Å². The normalized spacial score (nSPS) is 42.2. The van der Waals surface area contributed by atoms with Gasteiger partial charge in [0.25, 0.3) is 0 Å². The topological polar surface area (TPSA) is 75.6 Å². The Morgan fingerprint density at radius 2 is 2.00 bits per heavy atom. The van der Waals surface area contributed by atoms with E-state index >= 15 is 0 Å². The fourth-order valence-electron chi connectivity index (χ4n) is 3.86. The maximum absolute atomic E-state index is 10.8. The van der Waals surface area contributed by atoms with Crippen LogP contribution in [0.1, 0.15) is 40.0 Å². The summed E-state index contributed by atoms with van der Waals surface area (Å²) in [5.41, 5.74) is -1.08. The summed E-state index contributed by atoms with van der Waals surface area (Å²) in [6.45, 7) is 6.47. The van der Waals surface area contributed by atoms with Crippen LogP contribution in [0.15, 0.2) is 12.2 Å². The van der Waals surface area contributed by atoms with Crippen LogP contribution in [0.5, 0.6) is 0 Å². The molecule has 144 valence electrons. The third-order valence-electron chi connectivity index (χ3n) is 4.97. The summed E-state index contributed by atoms with van der Waals surface area (Å²) >= 11 is 0. The van der Waals surface area contributed by atoms with Crippen molar-refractivity contribution >= 4 is 0 Å². The van der Waals surface area contributed by atoms with Crippen LogP contribution in [0.2, 0.25) is 0 Å². The molecule has 3 rings (SSSR count). The van der Waals surface area contributed by atoms with E-state index in [0.29, 0.717) is 13.0 Å². The molecule has 3 aliphatic rings. The fraction of sp³-hybridized carbons (Fsp3) is 0.889. The Morgan fingerprint density at radius 1 is 1.20 bits per heavy atom. The van der Waals surface area contributed by atoms with Gasteiger partial charge in [0.05, 0.1) is 6.10 Å². The highest BCUT2D eigenvalue weighted by Gasteiger charge is 2.68. The van der Waals surface area contributed by atoms with Gasteiger partial charge in [-0.25, -0.2) is 0 Å². The van der Waals surface area contributed by atoms with Crippen molar-refractivity contribution in [3.8, 4) is 0 Å². The van der Waals surface area contributed by atoms with E-state index in [9.17, 15) is 5.11 Å². The molecule has 25 heavy (non-hydrogen) atoms. The Bertz CT molecular complexity index is 480. The summed E-state index contributed by atoms with van der Waals surface area (Å²) in [4.78, 5) is 0. The van der Waals surface area contributed by atoms with E-state index in [-0.39, 0.29) is 6.79 Å². The zero-order chi connectivity index (χ0) is 18.1. The number of ether oxygens (including phenoxy) is 6. The van der Waals surface area contributed by atoms with Gasteiger partial charge in [-0.2, -0.15) is 0 Å². The van der Waals surface area contributed by atoms with Crippen LogP contribution in [0.25, 0.3) is 0 Å². The fourth-order valence-corrected chi connectivity index (χ4v) is 3.86. The second kappa shape index (κ2) is 7.60. The summed E-state index contributed by atoms with van der Waals surface area (Å²) in [5.74, 6) is -0.748. The highest BCUT2D eigenvalue weighted by Crippen LogP contribution is 2.49. The summed E-state index contributed by atoms with van der Waals surface area (Å²) in [6.07, 6.45) is 3.35. The summed E-state index contributed by atoms with van der Waals surface area (Å²) in [7, 11) is 1.57. The smallest absolute Gasteiger partial charge is 0.190 e. The van der Waals surface area contributed by atoms with Crippen molar-refractivity contribution < 1.29 is 33.5 Å². The minimum absolute atomic E-state index is 0.112. The third kappa shape index (κ3) is 3.51. The van der Waals surface area contributed by atoms with Gasteiger partial charge in [0.2, 0.25) is 0 Å². The average molecular weight is 358 g/mol. The number of fused-ring (bicyclic) bond motifs is 1. The Morgan fingerprint density at radius 3 is 2.72 bits per heavy atom. The highest BCUT2D eigenvalue weighted by molar-refractivity contribution is 5.20. The van der Waals surface area contributed by atoms with Gasteiger partial charge in [0, 0.05) is 13.7 Å². The Kier molecular flexibility index (Phi) is 5.85. The number of hydrogen-bond donors (Lipinski definition) is 1. The third-order valence-corrected chi connectivity index (χ3v) is 4.97. The second-order valence-corrected chi connectivity index (χ2v) is 7.26. The lowest BCUT2D eigenvalue weighted by Crippen LogP contribution is -2.63. The van der Waals surface area contributed by atoms with Crippen LogP contribution in [0, 0.1) is 0 Å². The molecule has 1 aliphatic carbocycles. The Balaban J connectivity index is 1.88. The molecule has 0 aromatic rings. The van der Waals surface area contributed by atoms with Gasteiger partial charge >= 0.3 is 0 Å². The first kappa shape index (κ1) is 19.2. The largest absolute Gasteiger partial charge is 0.386 e. The number of hydrogen-bond acceptors (Lipinski definition) is 7. The maximum atomic E-state index is 10.8. The molecule has 2 heterocycles. The van der Waals surface area contributed by atoms with E-state index < -0.39 is 42.1 Å². The molecule has 2 fully saturated rings. The van der Waals surface area contributed by atoms with Crippen LogP contribution in [-0.4, -0.2) is 67.7 Å². The van der Waals surface area contributed by atoms with Gasteiger partial charge in [-0.1, -0.05) is 25.5 Å². The molecule has 2 unspecified atom stereocenters. The molecule has 1 N–H and O–H groups in total. The SMILES string of the molecule is CCCCO[C@@H]1[C@H]2OC(C)(C)O[C@H]2OC12C(O)C=CC[C@@H]2OCOC. The second-order valence-electron chi connectivity index (χ2n) is 7.26. The van der Waals surface area contributed by atoms with Crippen molar-refractivity contribution in [1.29, 1.82) is 0 Å². The van der Waals surface area contributed by atoms with Gasteiger partial charge < -0.3 is 33.5 Å². The molecule has 0 aromatic carbocycles. The van der Waals surface area contributed by atoms with Crippen LogP contribution in [0.3, 0.4) is 0 Å². The van der Waals surface area contributed by atoms with Crippen molar-refractivity contribution in [2.75, 3.05) is 20.5 Å². The molecule has 7 heteroatoms. The number of rotatable bonds is 7. The first-order valence-corrected chi connectivity index (χ1v) is 9.05. The van der Waals surface area contributed by atoms with Crippen molar-refractivity contribution in [3.05, 3.63) is 12.2 Å². The molecule has 2 aliphatic heterocycles. The molecule has 0 radical (unpaired) electrons. The lowest BCUT2D eigenvalue weighted by molar-refractivity contribution is -0.292. The summed E-state index contributed by atoms with van der Waals surface area (Å²) in [5, 5.41) is 10.8. The molecule has 0 amide bonds. The number of unbranched alkanes of at least 4 members (excludes halogenated alkanes) is 1. The van der Waals surface area contributed by atoms with E-state index in [4.69, 9.17) is 28.4 Å². The van der Waals surface area contributed by atoms with E-state index in [0.717, 1.165) is 12.8 Å². The molecule has 0 bridgehead atoms. The lowest BCUT2D eigenvalue weighted by atomic mass is 9.79. The van der Waals surface area contributed by atoms with E-state index in [2.05, 4.69) is 6.92 Å². The van der Waals surface area contributed by atoms with Gasteiger partial charge in [-0.3, -0.25) is 0 Å². The molecule has 2 saturated heterocycles. The molecular weight excluding hydrogens is 328 g/mol. The first-order valence-electron chi connectivity index (χ1n) is 9.05. The van der Waals surface area contributed by atoms with Crippen LogP contribution in [-0.2, 0) is 28.4 Å².